The molecule has 0 aliphatic rings. The quantitative estimate of drug-likeness (QED) is 0.0275. The van der Waals surface area contributed by atoms with Gasteiger partial charge in [0.1, 0.15) is 40.9 Å². The molecular weight excluding hydrogens is 1560 g/mol. The van der Waals surface area contributed by atoms with Crippen LogP contribution in [-0.4, -0.2) is 197 Å². The monoisotopic (exact) mass is 1710 g/mol. The number of benzene rings is 2. The van der Waals surface area contributed by atoms with E-state index in [9.17, 15) is 82.1 Å². The molecule has 33 nitrogen and oxygen atoms in total. The number of ketones is 4. The fourth-order valence-corrected chi connectivity index (χ4v) is 13.4. The van der Waals surface area contributed by atoms with Crippen molar-refractivity contribution in [3.63, 3.8) is 0 Å². The SMILES string of the molecule is CC(=O)[C@H](CCCCNC(=O)[C@@H](N)CCCCNC(=O)[C@@H](N)CCCCNC(=O)CC[C@H](NC(=O)CCCCCCCCCOc1ccc(C(=O)O)cc1)C(=O)O)CC(=O)[C@H](CCCCNC(=O)[C@@H](N)CCCCNC(=O)[C@@H](N)CCCCCC(=O)CC[C@H](NC(=O)CCCCCCCCCOc1ccc(C(=O)O)cc1)C(=O)O)CC(=O)C(C)(C)N.[HH].[HH].[HH]. The Balaban J connectivity index is 0. The van der Waals surface area contributed by atoms with Crippen LogP contribution in [0.15, 0.2) is 48.5 Å². The molecule has 0 saturated carbocycles. The molecule has 0 aliphatic carbocycles. The summed E-state index contributed by atoms with van der Waals surface area (Å²) in [6, 6.07) is 7.02. The molecule has 2 rings (SSSR count). The third kappa shape index (κ3) is 53.3. The third-order valence-corrected chi connectivity index (χ3v) is 21.2. The van der Waals surface area contributed by atoms with Crippen molar-refractivity contribution >= 4 is 88.4 Å². The van der Waals surface area contributed by atoms with Gasteiger partial charge in [-0.05, 0) is 204 Å². The van der Waals surface area contributed by atoms with Crippen molar-refractivity contribution in [3.05, 3.63) is 59.7 Å². The summed E-state index contributed by atoms with van der Waals surface area (Å²) in [6.07, 6.45) is 21.8. The van der Waals surface area contributed by atoms with Crippen LogP contribution in [0.1, 0.15) is 315 Å². The van der Waals surface area contributed by atoms with Crippen LogP contribution in [0.25, 0.3) is 0 Å². The number of aromatic carboxylic acids is 2. The van der Waals surface area contributed by atoms with Crippen LogP contribution in [0.5, 0.6) is 11.5 Å². The predicted molar refractivity (Wildman–Crippen MR) is 465 cm³/mol. The summed E-state index contributed by atoms with van der Waals surface area (Å²) in [5.41, 5.74) is 29.9. The van der Waals surface area contributed by atoms with E-state index in [0.717, 1.165) is 77.0 Å². The summed E-state index contributed by atoms with van der Waals surface area (Å²) < 4.78 is 11.3. The first-order chi connectivity index (χ1) is 57.7. The van der Waals surface area contributed by atoms with Crippen molar-refractivity contribution in [2.24, 2.45) is 40.5 Å². The second-order valence-electron chi connectivity index (χ2n) is 32.4. The first kappa shape index (κ1) is 108. The minimum Gasteiger partial charge on any atom is -0.494 e. The standard InChI is InChI=1S/C88H144N12O21.3H2/c1-61(101)64(31-19-24-53-95-81(109)71(91)36-23-28-56-98-83(111)70(90)35-21-26-52-94-77(105)51-50-74(87(118)119)100-79(107)39-18-11-7-5-9-13-30-58-121-68-47-42-63(43-48-68)85(114)115)59-75(103)65(60-76(104)88(2,3)93)32-20-25-54-96-82(110)72(92)37-22-27-55-97-80(108)69(89)34-16-14-15-33-66(102)44-49-73(86(116)117)99-78(106)38-17-10-6-4-8-12-29-57-120-67-45-40-62(41-46-67)84(112)113;;;/h40-43,45-48,64-65,69-74H,4-39,44,49-60,89-93H2,1-3H3,(H,94,105)(H,95,109)(H,96,110)(H,97,108)(H,98,111)(H,99,106)(H,100,107)(H,112,113)(H,114,115)(H,116,117)(H,118,119);3*1H/t64-,65-,69+,70+,71+,72+,73+,74+;;;/m1.../s1. The molecule has 0 radical (unpaired) electrons. The van der Waals surface area contributed by atoms with Gasteiger partial charge in [0.05, 0.1) is 54.0 Å². The maximum Gasteiger partial charge on any atom is 0.335 e. The molecule has 0 unspecified atom stereocenters. The highest BCUT2D eigenvalue weighted by Crippen LogP contribution is 2.25. The van der Waals surface area contributed by atoms with Gasteiger partial charge in [0.15, 0.2) is 5.78 Å². The van der Waals surface area contributed by atoms with Gasteiger partial charge in [0.25, 0.3) is 0 Å². The highest BCUT2D eigenvalue weighted by Gasteiger charge is 2.32. The summed E-state index contributed by atoms with van der Waals surface area (Å²) in [4.78, 5) is 187. The summed E-state index contributed by atoms with van der Waals surface area (Å²) in [5, 5.41) is 56.4. The molecule has 688 valence electrons. The highest BCUT2D eigenvalue weighted by atomic mass is 16.5. The lowest BCUT2D eigenvalue weighted by Crippen LogP contribution is -2.43. The molecule has 0 fully saturated rings. The number of hydrogen-bond donors (Lipinski definition) is 16. The van der Waals surface area contributed by atoms with Crippen molar-refractivity contribution in [1.29, 1.82) is 0 Å². The lowest BCUT2D eigenvalue weighted by atomic mass is 9.82. The fourth-order valence-electron chi connectivity index (χ4n) is 13.4. The number of hydrogen-bond acceptors (Lipinski definition) is 22. The van der Waals surface area contributed by atoms with Gasteiger partial charge in [-0.3, -0.25) is 52.7 Å². The Hall–Kier alpha value is -9.31. The summed E-state index contributed by atoms with van der Waals surface area (Å²) in [6.45, 7) is 7.12. The zero-order valence-electron chi connectivity index (χ0n) is 72.0. The second-order valence-corrected chi connectivity index (χ2v) is 32.4. The second kappa shape index (κ2) is 64.5. The van der Waals surface area contributed by atoms with E-state index in [1.54, 1.807) is 38.1 Å². The average molecular weight is 1710 g/mol. The molecule has 2 aromatic carbocycles. The Morgan fingerprint density at radius 1 is 0.355 bits per heavy atom. The summed E-state index contributed by atoms with van der Waals surface area (Å²) >= 11 is 0. The molecule has 121 heavy (non-hydrogen) atoms. The van der Waals surface area contributed by atoms with E-state index in [2.05, 4.69) is 37.2 Å². The number of carbonyl (C=O) groups excluding carboxylic acids is 11. The number of rotatable bonds is 76. The molecule has 2 aromatic rings. The van der Waals surface area contributed by atoms with Crippen molar-refractivity contribution in [3.8, 4) is 11.5 Å². The van der Waals surface area contributed by atoms with Gasteiger partial charge in [-0.15, -0.1) is 0 Å². The van der Waals surface area contributed by atoms with Gasteiger partial charge in [0.2, 0.25) is 41.4 Å². The van der Waals surface area contributed by atoms with E-state index in [1.165, 1.54) is 31.2 Å². The molecule has 0 bridgehead atoms. The van der Waals surface area contributed by atoms with Crippen LogP contribution in [0, 0.1) is 11.8 Å². The number of nitrogens with one attached hydrogen (secondary N) is 7. The van der Waals surface area contributed by atoms with Gasteiger partial charge < -0.3 is 95.8 Å². The van der Waals surface area contributed by atoms with E-state index in [0.29, 0.717) is 186 Å². The lowest BCUT2D eigenvalue weighted by Gasteiger charge is -2.23. The maximum atomic E-state index is 13.8. The summed E-state index contributed by atoms with van der Waals surface area (Å²) in [5.74, 6) is -7.77. The third-order valence-electron chi connectivity index (χ3n) is 21.2. The molecular formula is C88H150N12O21. The Bertz CT molecular complexity index is 3470. The molecule has 0 saturated heterocycles. The van der Waals surface area contributed by atoms with Crippen LogP contribution >= 0.6 is 0 Å². The van der Waals surface area contributed by atoms with Gasteiger partial charge in [-0.25, -0.2) is 19.2 Å². The molecule has 0 aliphatic heterocycles. The van der Waals surface area contributed by atoms with Crippen LogP contribution in [0.3, 0.4) is 0 Å². The average Bonchev–Trinajstić information content (AvgIpc) is 0.766. The topological polar surface area (TPSA) is 570 Å². The minimum atomic E-state index is -1.23. The van der Waals surface area contributed by atoms with Crippen LogP contribution in [0.2, 0.25) is 0 Å². The van der Waals surface area contributed by atoms with Crippen molar-refractivity contribution < 1.29 is 106 Å². The number of carboxylic acids is 4. The molecule has 21 N–H and O–H groups in total. The van der Waals surface area contributed by atoms with Crippen LogP contribution < -0.4 is 75.4 Å². The van der Waals surface area contributed by atoms with Gasteiger partial charge in [0, 0.05) is 93.8 Å². The van der Waals surface area contributed by atoms with E-state index in [1.807, 2.05) is 0 Å². The molecule has 0 heterocycles. The highest BCUT2D eigenvalue weighted by molar-refractivity contribution is 5.94. The van der Waals surface area contributed by atoms with E-state index in [4.69, 9.17) is 48.4 Å². The first-order valence-corrected chi connectivity index (χ1v) is 43.9. The number of nitrogens with two attached hydrogens (primary N) is 5. The Morgan fingerprint density at radius 3 is 1.02 bits per heavy atom. The number of carbonyl (C=O) groups is 15. The predicted octanol–water partition coefficient (Wildman–Crippen LogP) is 8.96. The largest absolute Gasteiger partial charge is 0.494 e. The van der Waals surface area contributed by atoms with Crippen molar-refractivity contribution in [2.75, 3.05) is 45.9 Å². The molecule has 7 amide bonds. The number of unbranched alkanes of at least 4 members (excludes halogenated alkanes) is 19. The first-order valence-electron chi connectivity index (χ1n) is 43.9. The maximum absolute atomic E-state index is 13.8. The smallest absolute Gasteiger partial charge is 0.335 e. The number of amides is 7. The Kier molecular flexibility index (Phi) is 57.4. The number of aliphatic carboxylic acids is 2. The molecule has 33 heteroatoms. The fraction of sp³-hybridized carbons (Fsp3) is 0.693. The molecule has 0 spiro atoms. The van der Waals surface area contributed by atoms with Gasteiger partial charge in [-0.1, -0.05) is 89.9 Å². The number of carboxylic acid groups (broad SMARTS) is 4. The van der Waals surface area contributed by atoms with Gasteiger partial charge >= 0.3 is 23.9 Å². The minimum absolute atomic E-state index is 0. The van der Waals surface area contributed by atoms with E-state index >= 15 is 0 Å². The van der Waals surface area contributed by atoms with E-state index in [-0.39, 0.29) is 144 Å². The van der Waals surface area contributed by atoms with Crippen LogP contribution in [0.4, 0.5) is 0 Å². The Labute approximate surface area is 718 Å². The lowest BCUT2D eigenvalue weighted by molar-refractivity contribution is -0.142. The zero-order valence-corrected chi connectivity index (χ0v) is 72.0. The van der Waals surface area contributed by atoms with Crippen molar-refractivity contribution in [2.45, 2.75) is 332 Å². The van der Waals surface area contributed by atoms with Gasteiger partial charge in [-0.2, -0.15) is 0 Å². The zero-order chi connectivity index (χ0) is 89.8. The number of Topliss-reactive ketones (excluding diaryl/α,β-unsaturated/α-hetero) is 4. The van der Waals surface area contributed by atoms with Crippen molar-refractivity contribution in [1.82, 2.24) is 37.2 Å². The molecule has 8 atom stereocenters. The molecule has 0 aromatic heterocycles. The number of ether oxygens (including phenoxy) is 2. The van der Waals surface area contributed by atoms with Crippen LogP contribution in [-0.2, 0) is 62.3 Å². The summed E-state index contributed by atoms with van der Waals surface area (Å²) in [7, 11) is 0. The van der Waals surface area contributed by atoms with E-state index < -0.39 is 77.5 Å². The Morgan fingerprint density at radius 2 is 0.669 bits per heavy atom. The normalized spacial score (nSPS) is 13.3.